The third-order valence-electron chi connectivity index (χ3n) is 6.67. The highest BCUT2D eigenvalue weighted by atomic mass is 19.1. The average Bonchev–Trinajstić information content (AvgIpc) is 3.15. The van der Waals surface area contributed by atoms with E-state index in [1.165, 1.54) is 47.0 Å². The van der Waals surface area contributed by atoms with E-state index in [4.69, 9.17) is 4.98 Å². The second kappa shape index (κ2) is 7.01. The largest absolute Gasteiger partial charge is 0.367 e. The molecule has 4 heterocycles. The van der Waals surface area contributed by atoms with Crippen LogP contribution in [0.4, 0.5) is 15.9 Å². The molecule has 0 aliphatic carbocycles. The van der Waals surface area contributed by atoms with Crippen LogP contribution in [0.3, 0.4) is 0 Å². The Hall–Kier alpha value is -3.08. The molecule has 1 saturated heterocycles. The van der Waals surface area contributed by atoms with Crippen molar-refractivity contribution in [3.05, 3.63) is 65.7 Å². The van der Waals surface area contributed by atoms with Crippen LogP contribution in [-0.2, 0) is 13.0 Å². The molecule has 0 amide bonds. The fourth-order valence-electron chi connectivity index (χ4n) is 5.02. The molecule has 1 fully saturated rings. The van der Waals surface area contributed by atoms with E-state index in [1.807, 2.05) is 12.3 Å². The number of anilines is 2. The lowest BCUT2D eigenvalue weighted by atomic mass is 10.0. The number of pyridine rings is 1. The van der Waals surface area contributed by atoms with Crippen LogP contribution in [-0.4, -0.2) is 29.6 Å². The molecule has 2 aromatic heterocycles. The highest BCUT2D eigenvalue weighted by molar-refractivity contribution is 5.88. The summed E-state index contributed by atoms with van der Waals surface area (Å²) in [6, 6.07) is 14.0. The van der Waals surface area contributed by atoms with Gasteiger partial charge in [-0.05, 0) is 61.0 Å². The molecule has 0 bridgehead atoms. The van der Waals surface area contributed by atoms with Gasteiger partial charge in [0.1, 0.15) is 11.6 Å². The SMILES string of the molecule is Fc1ccc2c3c([nH]c2c1)CCN(c1ccc2cc(N4CCCCC4)ncc2c1)C3. The van der Waals surface area contributed by atoms with Gasteiger partial charge in [-0.3, -0.25) is 0 Å². The molecule has 152 valence electrons. The number of fused-ring (bicyclic) bond motifs is 4. The monoisotopic (exact) mass is 400 g/mol. The minimum absolute atomic E-state index is 0.191. The quantitative estimate of drug-likeness (QED) is 0.489. The van der Waals surface area contributed by atoms with Crippen LogP contribution < -0.4 is 9.80 Å². The number of piperidine rings is 1. The zero-order valence-corrected chi connectivity index (χ0v) is 17.0. The Morgan fingerprint density at radius 3 is 2.67 bits per heavy atom. The lowest BCUT2D eigenvalue weighted by Crippen LogP contribution is -2.30. The maximum absolute atomic E-state index is 13.6. The summed E-state index contributed by atoms with van der Waals surface area (Å²) in [5, 5.41) is 3.55. The Bertz CT molecular complexity index is 1240. The molecular formula is C25H25FN4. The van der Waals surface area contributed by atoms with Gasteiger partial charge in [0.25, 0.3) is 0 Å². The van der Waals surface area contributed by atoms with E-state index in [1.54, 1.807) is 12.1 Å². The highest BCUT2D eigenvalue weighted by Gasteiger charge is 2.21. The van der Waals surface area contributed by atoms with Crippen molar-refractivity contribution >= 4 is 33.2 Å². The molecule has 5 heteroatoms. The highest BCUT2D eigenvalue weighted by Crippen LogP contribution is 2.32. The van der Waals surface area contributed by atoms with Crippen LogP contribution in [0.5, 0.6) is 0 Å². The van der Waals surface area contributed by atoms with Crippen LogP contribution in [0.2, 0.25) is 0 Å². The predicted octanol–water partition coefficient (Wildman–Crippen LogP) is 5.41. The van der Waals surface area contributed by atoms with Crippen molar-refractivity contribution in [2.24, 2.45) is 0 Å². The number of rotatable bonds is 2. The lowest BCUT2D eigenvalue weighted by Gasteiger charge is -2.30. The lowest BCUT2D eigenvalue weighted by molar-refractivity contribution is 0.574. The Labute approximate surface area is 175 Å². The third kappa shape index (κ3) is 3.00. The van der Waals surface area contributed by atoms with E-state index in [0.717, 1.165) is 49.3 Å². The van der Waals surface area contributed by atoms with E-state index < -0.39 is 0 Å². The van der Waals surface area contributed by atoms with E-state index in [0.29, 0.717) is 0 Å². The Kier molecular flexibility index (Phi) is 4.15. The van der Waals surface area contributed by atoms with Gasteiger partial charge in [0.2, 0.25) is 0 Å². The number of aromatic nitrogens is 2. The van der Waals surface area contributed by atoms with Gasteiger partial charge in [0, 0.05) is 72.0 Å². The van der Waals surface area contributed by atoms with Crippen molar-refractivity contribution in [3.63, 3.8) is 0 Å². The molecule has 0 spiro atoms. The number of H-pyrrole nitrogens is 1. The zero-order valence-electron chi connectivity index (χ0n) is 17.0. The smallest absolute Gasteiger partial charge is 0.129 e. The van der Waals surface area contributed by atoms with Crippen molar-refractivity contribution in [2.75, 3.05) is 29.4 Å². The summed E-state index contributed by atoms with van der Waals surface area (Å²) in [4.78, 5) is 13.0. The Morgan fingerprint density at radius 2 is 1.77 bits per heavy atom. The first kappa shape index (κ1) is 17.8. The van der Waals surface area contributed by atoms with Crippen LogP contribution in [0.15, 0.2) is 48.7 Å². The number of aromatic amines is 1. The van der Waals surface area contributed by atoms with Gasteiger partial charge in [-0.2, -0.15) is 0 Å². The molecule has 1 N–H and O–H groups in total. The van der Waals surface area contributed by atoms with E-state index >= 15 is 0 Å². The molecular weight excluding hydrogens is 375 g/mol. The van der Waals surface area contributed by atoms with Gasteiger partial charge < -0.3 is 14.8 Å². The summed E-state index contributed by atoms with van der Waals surface area (Å²) in [5.74, 6) is 0.910. The third-order valence-corrected chi connectivity index (χ3v) is 6.67. The molecule has 0 radical (unpaired) electrons. The first-order valence-corrected chi connectivity index (χ1v) is 10.9. The second-order valence-corrected chi connectivity index (χ2v) is 8.57. The standard InChI is InChI=1S/C25H25FN4/c26-19-5-7-21-22-16-30(11-8-23(22)28-24(21)14-19)20-6-4-17-13-25(27-15-18(17)12-20)29-9-2-1-3-10-29/h4-7,12-15,28H,1-3,8-11,16H2. The second-order valence-electron chi connectivity index (χ2n) is 8.57. The molecule has 30 heavy (non-hydrogen) atoms. The van der Waals surface area contributed by atoms with Crippen molar-refractivity contribution < 1.29 is 4.39 Å². The molecule has 4 aromatic rings. The molecule has 0 atom stereocenters. The summed E-state index contributed by atoms with van der Waals surface area (Å²) in [5.41, 5.74) is 4.64. The van der Waals surface area contributed by atoms with Gasteiger partial charge in [-0.1, -0.05) is 6.07 Å². The first-order chi connectivity index (χ1) is 14.7. The average molecular weight is 401 g/mol. The summed E-state index contributed by atoms with van der Waals surface area (Å²) >= 11 is 0. The fraction of sp³-hybridized carbons (Fsp3) is 0.320. The number of nitrogens with one attached hydrogen (secondary N) is 1. The number of hydrogen-bond acceptors (Lipinski definition) is 3. The molecule has 0 saturated carbocycles. The first-order valence-electron chi connectivity index (χ1n) is 10.9. The van der Waals surface area contributed by atoms with Crippen LogP contribution in [0, 0.1) is 5.82 Å². The maximum atomic E-state index is 13.6. The van der Waals surface area contributed by atoms with Crippen molar-refractivity contribution in [1.29, 1.82) is 0 Å². The van der Waals surface area contributed by atoms with Gasteiger partial charge in [0.05, 0.1) is 0 Å². The molecule has 2 aliphatic rings. The Morgan fingerprint density at radius 1 is 0.867 bits per heavy atom. The molecule has 2 aliphatic heterocycles. The van der Waals surface area contributed by atoms with Crippen LogP contribution in [0.1, 0.15) is 30.5 Å². The number of halogens is 1. The van der Waals surface area contributed by atoms with Crippen molar-refractivity contribution in [3.8, 4) is 0 Å². The minimum Gasteiger partial charge on any atom is -0.367 e. The minimum atomic E-state index is -0.191. The Balaban J connectivity index is 1.30. The summed E-state index contributed by atoms with van der Waals surface area (Å²) in [6.45, 7) is 4.02. The van der Waals surface area contributed by atoms with Gasteiger partial charge in [-0.25, -0.2) is 9.37 Å². The zero-order chi connectivity index (χ0) is 20.1. The van der Waals surface area contributed by atoms with Crippen molar-refractivity contribution in [2.45, 2.75) is 32.2 Å². The number of nitrogens with zero attached hydrogens (tertiary/aromatic N) is 3. The predicted molar refractivity (Wildman–Crippen MR) is 121 cm³/mol. The van der Waals surface area contributed by atoms with Crippen LogP contribution in [0.25, 0.3) is 21.7 Å². The van der Waals surface area contributed by atoms with Crippen molar-refractivity contribution in [1.82, 2.24) is 9.97 Å². The van der Waals surface area contributed by atoms with E-state index in [9.17, 15) is 4.39 Å². The van der Waals surface area contributed by atoms with Gasteiger partial charge in [-0.15, -0.1) is 0 Å². The van der Waals surface area contributed by atoms with Gasteiger partial charge >= 0.3 is 0 Å². The van der Waals surface area contributed by atoms with E-state index in [-0.39, 0.29) is 5.82 Å². The van der Waals surface area contributed by atoms with Crippen LogP contribution >= 0.6 is 0 Å². The molecule has 6 rings (SSSR count). The summed E-state index contributed by atoms with van der Waals surface area (Å²) in [7, 11) is 0. The molecule has 4 nitrogen and oxygen atoms in total. The van der Waals surface area contributed by atoms with Gasteiger partial charge in [0.15, 0.2) is 0 Å². The molecule has 2 aromatic carbocycles. The number of benzene rings is 2. The summed E-state index contributed by atoms with van der Waals surface area (Å²) < 4.78 is 13.6. The maximum Gasteiger partial charge on any atom is 0.129 e. The van der Waals surface area contributed by atoms with E-state index in [2.05, 4.69) is 39.0 Å². The topological polar surface area (TPSA) is 35.2 Å². The molecule has 0 unspecified atom stereocenters. The normalized spacial score (nSPS) is 17.0. The summed E-state index contributed by atoms with van der Waals surface area (Å²) in [6.07, 6.45) is 6.81. The fourth-order valence-corrected chi connectivity index (χ4v) is 5.02. The number of hydrogen-bond donors (Lipinski definition) is 1.